The molecule has 0 saturated heterocycles. The van der Waals surface area contributed by atoms with E-state index in [0.29, 0.717) is 17.8 Å². The van der Waals surface area contributed by atoms with Crippen LogP contribution < -0.4 is 0 Å². The fourth-order valence-corrected chi connectivity index (χ4v) is 1.86. The average Bonchev–Trinajstić information content (AvgIpc) is 2.32. The van der Waals surface area contributed by atoms with Gasteiger partial charge in [-0.15, -0.1) is 0 Å². The number of hydrogen-bond acceptors (Lipinski definition) is 2. The van der Waals surface area contributed by atoms with Crippen LogP contribution in [-0.4, -0.2) is 0 Å². The zero-order valence-corrected chi connectivity index (χ0v) is 13.9. The molecule has 19 heavy (non-hydrogen) atoms. The molecule has 0 aromatic heterocycles. The monoisotopic (exact) mass is 264 g/mol. The van der Waals surface area contributed by atoms with Gasteiger partial charge in [0.2, 0.25) is 0 Å². The standard InChI is InChI=1S/C9H17N.C8H15N/c1-7(2)5-9(6-10)8(3)4;1-4-8(6-9)5-7(2)3/h7-9H,5H2,1-4H3;7-8H,4-5H2,1-3H3. The Morgan fingerprint density at radius 3 is 1.37 bits per heavy atom. The van der Waals surface area contributed by atoms with E-state index in [1.807, 2.05) is 0 Å². The number of rotatable bonds is 6. The molecule has 2 atom stereocenters. The highest BCUT2D eigenvalue weighted by molar-refractivity contribution is 4.85. The highest BCUT2D eigenvalue weighted by Gasteiger charge is 2.13. The number of hydrogen-bond donors (Lipinski definition) is 0. The first kappa shape index (κ1) is 20.3. The third kappa shape index (κ3) is 13.2. The van der Waals surface area contributed by atoms with E-state index in [1.165, 1.54) is 0 Å². The Balaban J connectivity index is 0. The number of nitriles is 2. The predicted octanol–water partition coefficient (Wildman–Crippen LogP) is 5.41. The minimum atomic E-state index is 0.250. The van der Waals surface area contributed by atoms with Crippen molar-refractivity contribution in [2.45, 2.75) is 67.7 Å². The summed E-state index contributed by atoms with van der Waals surface area (Å²) in [5.74, 6) is 2.35. The van der Waals surface area contributed by atoms with E-state index in [1.54, 1.807) is 0 Å². The van der Waals surface area contributed by atoms with E-state index in [0.717, 1.165) is 19.3 Å². The highest BCUT2D eigenvalue weighted by atomic mass is 14.3. The third-order valence-electron chi connectivity index (χ3n) is 3.13. The van der Waals surface area contributed by atoms with Gasteiger partial charge in [0.1, 0.15) is 0 Å². The quantitative estimate of drug-likeness (QED) is 0.644. The summed E-state index contributed by atoms with van der Waals surface area (Å²) in [6.45, 7) is 14.9. The molecule has 2 nitrogen and oxygen atoms in total. The Labute approximate surface area is 120 Å². The van der Waals surface area contributed by atoms with Gasteiger partial charge in [0.25, 0.3) is 0 Å². The van der Waals surface area contributed by atoms with Gasteiger partial charge in [-0.3, -0.25) is 0 Å². The Morgan fingerprint density at radius 1 is 0.789 bits per heavy atom. The molecule has 0 fully saturated rings. The van der Waals surface area contributed by atoms with Crippen LogP contribution in [-0.2, 0) is 0 Å². The summed E-state index contributed by atoms with van der Waals surface area (Å²) in [7, 11) is 0. The first-order valence-electron chi connectivity index (χ1n) is 7.57. The largest absolute Gasteiger partial charge is 0.198 e. The molecule has 0 rings (SSSR count). The second-order valence-electron chi connectivity index (χ2n) is 6.47. The number of nitrogens with zero attached hydrogens (tertiary/aromatic N) is 2. The van der Waals surface area contributed by atoms with Crippen molar-refractivity contribution in [1.29, 1.82) is 10.5 Å². The van der Waals surface area contributed by atoms with Crippen molar-refractivity contribution in [3.05, 3.63) is 0 Å². The first-order valence-corrected chi connectivity index (χ1v) is 7.57. The molecule has 0 N–H and O–H groups in total. The van der Waals surface area contributed by atoms with E-state index in [2.05, 4.69) is 60.6 Å². The van der Waals surface area contributed by atoms with Gasteiger partial charge in [-0.2, -0.15) is 10.5 Å². The molecule has 0 bridgehead atoms. The van der Waals surface area contributed by atoms with Gasteiger partial charge in [-0.1, -0.05) is 48.5 Å². The normalized spacial score (nSPS) is 13.5. The minimum absolute atomic E-state index is 0.250. The first-order chi connectivity index (χ1) is 8.78. The molecule has 0 aromatic carbocycles. The summed E-state index contributed by atoms with van der Waals surface area (Å²) in [6, 6.07) is 4.62. The Morgan fingerprint density at radius 2 is 1.26 bits per heavy atom. The van der Waals surface area contributed by atoms with E-state index in [-0.39, 0.29) is 11.8 Å². The molecule has 2 unspecified atom stereocenters. The van der Waals surface area contributed by atoms with Crippen LogP contribution in [0.2, 0.25) is 0 Å². The zero-order valence-electron chi connectivity index (χ0n) is 13.9. The lowest BCUT2D eigenvalue weighted by Crippen LogP contribution is -2.08. The Hall–Kier alpha value is -1.02. The maximum Gasteiger partial charge on any atom is 0.0658 e. The molecular formula is C17H32N2. The van der Waals surface area contributed by atoms with E-state index < -0.39 is 0 Å². The highest BCUT2D eigenvalue weighted by Crippen LogP contribution is 2.18. The Bertz CT molecular complexity index is 279. The van der Waals surface area contributed by atoms with Gasteiger partial charge in [0.15, 0.2) is 0 Å². The van der Waals surface area contributed by atoms with E-state index in [9.17, 15) is 0 Å². The maximum atomic E-state index is 8.70. The summed E-state index contributed by atoms with van der Waals surface area (Å²) >= 11 is 0. The summed E-state index contributed by atoms with van der Waals surface area (Å²) < 4.78 is 0. The molecule has 0 saturated carbocycles. The fraction of sp³-hybridized carbons (Fsp3) is 0.882. The molecule has 0 aliphatic heterocycles. The molecule has 0 aliphatic rings. The fourth-order valence-electron chi connectivity index (χ4n) is 1.86. The van der Waals surface area contributed by atoms with E-state index in [4.69, 9.17) is 10.5 Å². The van der Waals surface area contributed by atoms with Gasteiger partial charge in [0.05, 0.1) is 12.1 Å². The van der Waals surface area contributed by atoms with Crippen LogP contribution in [0.1, 0.15) is 67.7 Å². The van der Waals surface area contributed by atoms with Gasteiger partial charge in [0, 0.05) is 11.8 Å². The molecule has 110 valence electrons. The topological polar surface area (TPSA) is 47.6 Å². The Kier molecular flexibility index (Phi) is 12.9. The summed E-state index contributed by atoms with van der Waals surface area (Å²) in [4.78, 5) is 0. The molecule has 0 spiro atoms. The molecule has 0 aromatic rings. The van der Waals surface area contributed by atoms with Crippen LogP contribution in [0.25, 0.3) is 0 Å². The molecule has 0 radical (unpaired) electrons. The minimum Gasteiger partial charge on any atom is -0.198 e. The summed E-state index contributed by atoms with van der Waals surface area (Å²) in [5, 5.41) is 17.2. The van der Waals surface area contributed by atoms with Crippen molar-refractivity contribution in [3.63, 3.8) is 0 Å². The van der Waals surface area contributed by atoms with Crippen LogP contribution in [0.15, 0.2) is 0 Å². The van der Waals surface area contributed by atoms with Crippen molar-refractivity contribution >= 4 is 0 Å². The van der Waals surface area contributed by atoms with E-state index >= 15 is 0 Å². The van der Waals surface area contributed by atoms with Crippen molar-refractivity contribution in [3.8, 4) is 12.1 Å². The van der Waals surface area contributed by atoms with Crippen LogP contribution >= 0.6 is 0 Å². The van der Waals surface area contributed by atoms with Gasteiger partial charge in [-0.25, -0.2) is 0 Å². The van der Waals surface area contributed by atoms with Crippen LogP contribution in [0, 0.1) is 52.3 Å². The van der Waals surface area contributed by atoms with Gasteiger partial charge < -0.3 is 0 Å². The lowest BCUT2D eigenvalue weighted by molar-refractivity contribution is 0.389. The van der Waals surface area contributed by atoms with Crippen molar-refractivity contribution in [2.24, 2.45) is 29.6 Å². The second-order valence-corrected chi connectivity index (χ2v) is 6.47. The summed E-state index contributed by atoms with van der Waals surface area (Å²) in [5.41, 5.74) is 0. The van der Waals surface area contributed by atoms with Crippen molar-refractivity contribution in [2.75, 3.05) is 0 Å². The molecule has 0 heterocycles. The lowest BCUT2D eigenvalue weighted by Gasteiger charge is -2.14. The average molecular weight is 264 g/mol. The molecular weight excluding hydrogens is 232 g/mol. The lowest BCUT2D eigenvalue weighted by atomic mass is 9.89. The third-order valence-corrected chi connectivity index (χ3v) is 3.13. The summed E-state index contributed by atoms with van der Waals surface area (Å²) in [6.07, 6.45) is 3.08. The van der Waals surface area contributed by atoms with Crippen LogP contribution in [0.5, 0.6) is 0 Å². The predicted molar refractivity (Wildman–Crippen MR) is 82.2 cm³/mol. The molecule has 2 heteroatoms. The smallest absolute Gasteiger partial charge is 0.0658 e. The molecule has 0 aliphatic carbocycles. The van der Waals surface area contributed by atoms with Crippen LogP contribution in [0.4, 0.5) is 0 Å². The maximum absolute atomic E-state index is 8.70. The van der Waals surface area contributed by atoms with Crippen LogP contribution in [0.3, 0.4) is 0 Å². The van der Waals surface area contributed by atoms with Gasteiger partial charge >= 0.3 is 0 Å². The second kappa shape index (κ2) is 12.0. The van der Waals surface area contributed by atoms with Crippen molar-refractivity contribution in [1.82, 2.24) is 0 Å². The van der Waals surface area contributed by atoms with Crippen molar-refractivity contribution < 1.29 is 0 Å². The van der Waals surface area contributed by atoms with Gasteiger partial charge in [-0.05, 0) is 37.0 Å². The zero-order chi connectivity index (χ0) is 15.4. The SMILES string of the molecule is CC(C)CC(C#N)C(C)C.CCC(C#N)CC(C)C. The molecule has 0 amide bonds.